The number of hydrogen-bond donors (Lipinski definition) is 1. The zero-order valence-corrected chi connectivity index (χ0v) is 17.7. The average Bonchev–Trinajstić information content (AvgIpc) is 2.80. The van der Waals surface area contributed by atoms with Crippen LogP contribution in [0.2, 0.25) is 0 Å². The predicted molar refractivity (Wildman–Crippen MR) is 116 cm³/mol. The topological polar surface area (TPSA) is 103 Å². The summed E-state index contributed by atoms with van der Waals surface area (Å²) in [5, 5.41) is 13.6. The number of nitrogens with one attached hydrogen (secondary N) is 1. The molecule has 0 saturated carbocycles. The molecule has 9 heteroatoms. The fourth-order valence-electron chi connectivity index (χ4n) is 3.09. The molecule has 0 aliphatic carbocycles. The van der Waals surface area contributed by atoms with Crippen molar-refractivity contribution in [3.05, 3.63) is 42.0 Å². The Morgan fingerprint density at radius 1 is 1.10 bits per heavy atom. The number of benzene rings is 2. The van der Waals surface area contributed by atoms with Crippen LogP contribution in [0.3, 0.4) is 0 Å². The van der Waals surface area contributed by atoms with Gasteiger partial charge >= 0.3 is 0 Å². The molecule has 0 radical (unpaired) electrons. The lowest BCUT2D eigenvalue weighted by Gasteiger charge is -2.18. The number of anilines is 1. The molecule has 1 aliphatic heterocycles. The maximum absolute atomic E-state index is 12.5. The van der Waals surface area contributed by atoms with Gasteiger partial charge < -0.3 is 24.3 Å². The van der Waals surface area contributed by atoms with Gasteiger partial charge in [0.15, 0.2) is 11.5 Å². The van der Waals surface area contributed by atoms with E-state index in [9.17, 15) is 10.1 Å². The van der Waals surface area contributed by atoms with E-state index in [1.165, 1.54) is 11.8 Å². The molecular weight excluding hydrogens is 418 g/mol. The lowest BCUT2D eigenvalue weighted by Crippen LogP contribution is -2.15. The van der Waals surface area contributed by atoms with Crippen LogP contribution in [-0.4, -0.2) is 44.1 Å². The Balaban J connectivity index is 1.51. The van der Waals surface area contributed by atoms with Crippen LogP contribution in [0.4, 0.5) is 5.69 Å². The molecule has 0 fully saturated rings. The number of fused-ring (bicyclic) bond motifs is 2. The Kier molecular flexibility index (Phi) is 6.00. The first-order chi connectivity index (χ1) is 15.1. The summed E-state index contributed by atoms with van der Waals surface area (Å²) < 4.78 is 21.6. The van der Waals surface area contributed by atoms with Crippen LogP contribution >= 0.6 is 11.8 Å². The highest BCUT2D eigenvalue weighted by molar-refractivity contribution is 8.00. The van der Waals surface area contributed by atoms with E-state index in [4.69, 9.17) is 18.9 Å². The summed E-state index contributed by atoms with van der Waals surface area (Å²) in [6.07, 6.45) is 0. The molecule has 31 heavy (non-hydrogen) atoms. The molecule has 2 heterocycles. The van der Waals surface area contributed by atoms with E-state index in [2.05, 4.69) is 16.4 Å². The molecule has 0 spiro atoms. The van der Waals surface area contributed by atoms with Crippen molar-refractivity contribution in [1.82, 2.24) is 4.98 Å². The van der Waals surface area contributed by atoms with Gasteiger partial charge in [0.25, 0.3) is 0 Å². The minimum Gasteiger partial charge on any atom is -0.497 e. The van der Waals surface area contributed by atoms with E-state index >= 15 is 0 Å². The van der Waals surface area contributed by atoms with Crippen molar-refractivity contribution in [3.8, 4) is 29.1 Å². The first-order valence-corrected chi connectivity index (χ1v) is 10.4. The SMILES string of the molecule is COc1cc(NC(=O)CSc2nc3cc4c(cc3cc2C#N)OCCO4)cc(OC)c1. The van der Waals surface area contributed by atoms with Crippen molar-refractivity contribution >= 4 is 34.3 Å². The summed E-state index contributed by atoms with van der Waals surface area (Å²) in [4.78, 5) is 17.1. The zero-order valence-electron chi connectivity index (χ0n) is 16.9. The highest BCUT2D eigenvalue weighted by atomic mass is 32.2. The van der Waals surface area contributed by atoms with Gasteiger partial charge in [0.1, 0.15) is 35.8 Å². The van der Waals surface area contributed by atoms with E-state index in [1.807, 2.05) is 6.07 Å². The van der Waals surface area contributed by atoms with Gasteiger partial charge in [0, 0.05) is 35.3 Å². The second kappa shape index (κ2) is 9.02. The van der Waals surface area contributed by atoms with Crippen LogP contribution in [0.15, 0.2) is 41.4 Å². The number of ether oxygens (including phenoxy) is 4. The fraction of sp³-hybridized carbons (Fsp3) is 0.227. The third kappa shape index (κ3) is 4.59. The van der Waals surface area contributed by atoms with E-state index in [-0.39, 0.29) is 11.7 Å². The maximum Gasteiger partial charge on any atom is 0.234 e. The van der Waals surface area contributed by atoms with E-state index in [1.54, 1.807) is 44.6 Å². The Labute approximate surface area is 183 Å². The summed E-state index contributed by atoms with van der Waals surface area (Å²) >= 11 is 1.19. The van der Waals surface area contributed by atoms with Crippen molar-refractivity contribution in [2.45, 2.75) is 5.03 Å². The van der Waals surface area contributed by atoms with Crippen LogP contribution in [0, 0.1) is 11.3 Å². The van der Waals surface area contributed by atoms with Crippen molar-refractivity contribution in [3.63, 3.8) is 0 Å². The van der Waals surface area contributed by atoms with Gasteiger partial charge in [-0.25, -0.2) is 4.98 Å². The Bertz CT molecular complexity index is 1170. The highest BCUT2D eigenvalue weighted by Crippen LogP contribution is 2.35. The Hall–Kier alpha value is -3.64. The molecule has 2 aromatic carbocycles. The minimum atomic E-state index is -0.242. The van der Waals surface area contributed by atoms with Crippen LogP contribution in [-0.2, 0) is 4.79 Å². The zero-order chi connectivity index (χ0) is 21.8. The fourth-order valence-corrected chi connectivity index (χ4v) is 3.86. The number of nitrogens with zero attached hydrogens (tertiary/aromatic N) is 2. The van der Waals surface area contributed by atoms with E-state index in [0.29, 0.717) is 58.0 Å². The number of methoxy groups -OCH3 is 2. The molecule has 158 valence electrons. The molecule has 0 bridgehead atoms. The van der Waals surface area contributed by atoms with Gasteiger partial charge in [0.05, 0.1) is 31.1 Å². The summed E-state index contributed by atoms with van der Waals surface area (Å²) in [5.74, 6) is 2.24. The summed E-state index contributed by atoms with van der Waals surface area (Å²) in [5.41, 5.74) is 1.62. The number of rotatable bonds is 6. The molecule has 1 N–H and O–H groups in total. The van der Waals surface area contributed by atoms with Gasteiger partial charge in [-0.05, 0) is 12.1 Å². The van der Waals surface area contributed by atoms with Gasteiger partial charge in [-0.2, -0.15) is 5.26 Å². The molecule has 0 unspecified atom stereocenters. The highest BCUT2D eigenvalue weighted by Gasteiger charge is 2.16. The van der Waals surface area contributed by atoms with Crippen LogP contribution in [0.5, 0.6) is 23.0 Å². The first-order valence-electron chi connectivity index (χ1n) is 9.40. The van der Waals surface area contributed by atoms with Gasteiger partial charge in [-0.15, -0.1) is 0 Å². The summed E-state index contributed by atoms with van der Waals surface area (Å²) in [6, 6.07) is 12.6. The van der Waals surface area contributed by atoms with Crippen molar-refractivity contribution in [2.24, 2.45) is 0 Å². The molecule has 8 nitrogen and oxygen atoms in total. The number of pyridine rings is 1. The second-order valence-electron chi connectivity index (χ2n) is 6.58. The molecule has 1 amide bonds. The van der Waals surface area contributed by atoms with Crippen LogP contribution in [0.25, 0.3) is 10.9 Å². The van der Waals surface area contributed by atoms with Crippen LogP contribution < -0.4 is 24.3 Å². The maximum atomic E-state index is 12.5. The van der Waals surface area contributed by atoms with Crippen molar-refractivity contribution < 1.29 is 23.7 Å². The smallest absolute Gasteiger partial charge is 0.234 e. The van der Waals surface area contributed by atoms with E-state index < -0.39 is 0 Å². The largest absolute Gasteiger partial charge is 0.497 e. The third-order valence-corrected chi connectivity index (χ3v) is 5.53. The minimum absolute atomic E-state index is 0.0806. The number of carbonyl (C=O) groups excluding carboxylic acids is 1. The van der Waals surface area contributed by atoms with Gasteiger partial charge in [-0.3, -0.25) is 4.79 Å². The third-order valence-electron chi connectivity index (χ3n) is 4.54. The van der Waals surface area contributed by atoms with Gasteiger partial charge in [0.2, 0.25) is 5.91 Å². The van der Waals surface area contributed by atoms with Gasteiger partial charge in [-0.1, -0.05) is 11.8 Å². The second-order valence-corrected chi connectivity index (χ2v) is 7.54. The quantitative estimate of drug-likeness (QED) is 0.583. The number of aromatic nitrogens is 1. The lowest BCUT2D eigenvalue weighted by atomic mass is 10.1. The number of thioether (sulfide) groups is 1. The molecule has 4 rings (SSSR count). The first kappa shape index (κ1) is 20.6. The number of carbonyl (C=O) groups is 1. The normalized spacial score (nSPS) is 12.2. The lowest BCUT2D eigenvalue weighted by molar-refractivity contribution is -0.113. The summed E-state index contributed by atoms with van der Waals surface area (Å²) in [7, 11) is 3.08. The Morgan fingerprint density at radius 3 is 2.42 bits per heavy atom. The van der Waals surface area contributed by atoms with E-state index in [0.717, 1.165) is 5.39 Å². The molecule has 3 aromatic rings. The standard InChI is InChI=1S/C22H19N3O5S/c1-27-16-7-15(8-17(9-16)28-2)24-21(26)12-31-22-14(11-23)5-13-6-19-20(10-18(13)25-22)30-4-3-29-19/h5-10H,3-4,12H2,1-2H3,(H,24,26). The molecule has 1 aliphatic rings. The number of nitriles is 1. The number of amides is 1. The molecule has 1 aromatic heterocycles. The molecular formula is C22H19N3O5S. The van der Waals surface area contributed by atoms with Crippen LogP contribution in [0.1, 0.15) is 5.56 Å². The van der Waals surface area contributed by atoms with Crippen molar-refractivity contribution in [2.75, 3.05) is 38.5 Å². The number of hydrogen-bond acceptors (Lipinski definition) is 8. The monoisotopic (exact) mass is 437 g/mol. The molecule has 0 saturated heterocycles. The Morgan fingerprint density at radius 2 is 1.77 bits per heavy atom. The average molecular weight is 437 g/mol. The molecule has 0 atom stereocenters. The summed E-state index contributed by atoms with van der Waals surface area (Å²) in [6.45, 7) is 0.963. The predicted octanol–water partition coefficient (Wildman–Crippen LogP) is 3.63. The van der Waals surface area contributed by atoms with Crippen molar-refractivity contribution in [1.29, 1.82) is 5.26 Å².